The van der Waals surface area contributed by atoms with E-state index in [1.54, 1.807) is 5.38 Å². The van der Waals surface area contributed by atoms with Crippen molar-refractivity contribution in [2.45, 2.75) is 0 Å². The highest BCUT2D eigenvalue weighted by atomic mass is 35.5. The van der Waals surface area contributed by atoms with Crippen LogP contribution in [0.25, 0.3) is 0 Å². The average Bonchev–Trinajstić information content (AvgIpc) is 2.40. The minimum Gasteiger partial charge on any atom is -0.307 e. The van der Waals surface area contributed by atoms with Crippen LogP contribution in [0.15, 0.2) is 5.38 Å². The van der Waals surface area contributed by atoms with Crippen molar-refractivity contribution in [1.82, 2.24) is 9.59 Å². The summed E-state index contributed by atoms with van der Waals surface area (Å²) in [5.41, 5.74) is 0. The quantitative estimate of drug-likeness (QED) is 0.678. The van der Waals surface area contributed by atoms with Gasteiger partial charge < -0.3 is 5.32 Å². The van der Waals surface area contributed by atoms with Gasteiger partial charge >= 0.3 is 0 Å². The summed E-state index contributed by atoms with van der Waals surface area (Å²) in [5, 5.41) is 7.65. The number of aromatic nitrogens is 2. The highest BCUT2D eigenvalue weighted by Gasteiger charge is 2.00. The molecule has 1 N–H and O–H groups in total. The molecule has 0 spiro atoms. The lowest BCUT2D eigenvalue weighted by atomic mass is 10.6. The highest BCUT2D eigenvalue weighted by Crippen LogP contribution is 2.02. The fourth-order valence-electron chi connectivity index (χ4n) is 0.395. The van der Waals surface area contributed by atoms with Gasteiger partial charge in [-0.2, -0.15) is 0 Å². The van der Waals surface area contributed by atoms with Gasteiger partial charge in [-0.05, 0) is 11.5 Å². The molecule has 10 heavy (non-hydrogen) atoms. The number of carbonyl (C=O) groups is 1. The number of alkyl halides is 1. The summed E-state index contributed by atoms with van der Waals surface area (Å²) in [4.78, 5) is 10.6. The van der Waals surface area contributed by atoms with E-state index in [2.05, 4.69) is 14.9 Å². The number of nitrogens with one attached hydrogen (secondary N) is 1. The molecular weight excluding hydrogens is 174 g/mol. The monoisotopic (exact) mass is 177 g/mol. The van der Waals surface area contributed by atoms with Crippen LogP contribution in [-0.4, -0.2) is 21.4 Å². The summed E-state index contributed by atoms with van der Waals surface area (Å²) in [6, 6.07) is 0. The fraction of sp³-hybridized carbons (Fsp3) is 0.250. The van der Waals surface area contributed by atoms with Gasteiger partial charge in [-0.15, -0.1) is 16.7 Å². The van der Waals surface area contributed by atoms with E-state index in [0.717, 1.165) is 0 Å². The molecule has 1 rings (SSSR count). The summed E-state index contributed by atoms with van der Waals surface area (Å²) >= 11 is 6.39. The van der Waals surface area contributed by atoms with Crippen LogP contribution in [-0.2, 0) is 4.79 Å². The largest absolute Gasteiger partial charge is 0.307 e. The van der Waals surface area contributed by atoms with Gasteiger partial charge in [0.2, 0.25) is 5.91 Å². The van der Waals surface area contributed by atoms with E-state index >= 15 is 0 Å². The Bertz CT molecular complexity index is 212. The lowest BCUT2D eigenvalue weighted by molar-refractivity contribution is -0.113. The minimum absolute atomic E-state index is 0.0580. The van der Waals surface area contributed by atoms with E-state index in [1.807, 2.05) is 0 Å². The maximum atomic E-state index is 10.6. The molecule has 54 valence electrons. The van der Waals surface area contributed by atoms with E-state index in [1.165, 1.54) is 11.5 Å². The molecule has 0 aliphatic heterocycles. The molecule has 1 heterocycles. The Balaban J connectivity index is 2.48. The molecule has 0 fully saturated rings. The van der Waals surface area contributed by atoms with Crippen LogP contribution in [0, 0.1) is 0 Å². The summed E-state index contributed by atoms with van der Waals surface area (Å²) in [6.45, 7) is 0. The first kappa shape index (κ1) is 7.43. The lowest BCUT2D eigenvalue weighted by Crippen LogP contribution is -2.12. The summed E-state index contributed by atoms with van der Waals surface area (Å²) in [7, 11) is 0. The van der Waals surface area contributed by atoms with E-state index in [9.17, 15) is 4.79 Å². The predicted molar refractivity (Wildman–Crippen MR) is 39.3 cm³/mol. The average molecular weight is 178 g/mol. The van der Waals surface area contributed by atoms with Crippen molar-refractivity contribution in [3.8, 4) is 0 Å². The molecule has 0 saturated carbocycles. The predicted octanol–water partition coefficient (Wildman–Crippen LogP) is 0.715. The Hall–Kier alpha value is -0.680. The van der Waals surface area contributed by atoms with Crippen molar-refractivity contribution in [2.24, 2.45) is 0 Å². The third-order valence-corrected chi connectivity index (χ3v) is 1.50. The van der Waals surface area contributed by atoms with Crippen molar-refractivity contribution < 1.29 is 4.79 Å². The van der Waals surface area contributed by atoms with Gasteiger partial charge in [0, 0.05) is 0 Å². The number of halogens is 1. The molecule has 0 bridgehead atoms. The summed E-state index contributed by atoms with van der Waals surface area (Å²) in [5.74, 6) is 0.127. The fourth-order valence-corrected chi connectivity index (χ4v) is 0.850. The topological polar surface area (TPSA) is 54.9 Å². The number of amides is 1. The van der Waals surface area contributed by atoms with Crippen molar-refractivity contribution in [3.05, 3.63) is 5.38 Å². The van der Waals surface area contributed by atoms with Crippen molar-refractivity contribution in [3.63, 3.8) is 0 Å². The Morgan fingerprint density at radius 2 is 2.70 bits per heavy atom. The Morgan fingerprint density at radius 1 is 1.90 bits per heavy atom. The van der Waals surface area contributed by atoms with Gasteiger partial charge in [0.1, 0.15) is 5.88 Å². The van der Waals surface area contributed by atoms with Crippen LogP contribution >= 0.6 is 23.1 Å². The van der Waals surface area contributed by atoms with Crippen LogP contribution in [0.5, 0.6) is 0 Å². The number of hydrogen-bond donors (Lipinski definition) is 1. The second-order valence-electron chi connectivity index (χ2n) is 1.47. The molecule has 1 amide bonds. The van der Waals surface area contributed by atoms with Crippen molar-refractivity contribution in [1.29, 1.82) is 0 Å². The first-order valence-electron chi connectivity index (χ1n) is 2.46. The molecule has 0 aliphatic carbocycles. The van der Waals surface area contributed by atoms with Gasteiger partial charge in [-0.3, -0.25) is 4.79 Å². The van der Waals surface area contributed by atoms with Crippen molar-refractivity contribution >= 4 is 34.9 Å². The Morgan fingerprint density at radius 3 is 3.20 bits per heavy atom. The van der Waals surface area contributed by atoms with Gasteiger partial charge in [0.25, 0.3) is 0 Å². The molecule has 0 unspecified atom stereocenters. The zero-order valence-electron chi connectivity index (χ0n) is 4.87. The van der Waals surface area contributed by atoms with Gasteiger partial charge in [0.05, 0.1) is 5.38 Å². The minimum atomic E-state index is -0.269. The van der Waals surface area contributed by atoms with Crippen LogP contribution in [0.3, 0.4) is 0 Å². The number of anilines is 1. The second kappa shape index (κ2) is 3.48. The van der Waals surface area contributed by atoms with E-state index in [-0.39, 0.29) is 11.8 Å². The van der Waals surface area contributed by atoms with Gasteiger partial charge in [-0.25, -0.2) is 0 Å². The van der Waals surface area contributed by atoms with Crippen LogP contribution in [0.4, 0.5) is 5.82 Å². The molecule has 6 heteroatoms. The lowest BCUT2D eigenvalue weighted by Gasteiger charge is -1.93. The SMILES string of the molecule is O=C(CCl)Nc1csnn1. The molecule has 1 aromatic heterocycles. The second-order valence-corrected chi connectivity index (χ2v) is 2.35. The summed E-state index contributed by atoms with van der Waals surface area (Å²) < 4.78 is 3.54. The van der Waals surface area contributed by atoms with E-state index in [4.69, 9.17) is 11.6 Å². The first-order valence-corrected chi connectivity index (χ1v) is 3.83. The maximum Gasteiger partial charge on any atom is 0.240 e. The standard InChI is InChI=1S/C4H4ClN3OS/c5-1-4(9)6-3-2-10-8-7-3/h2H,1H2,(H,6,9). The third-order valence-electron chi connectivity index (χ3n) is 0.749. The molecule has 4 nitrogen and oxygen atoms in total. The van der Waals surface area contributed by atoms with Gasteiger partial charge in [0.15, 0.2) is 5.82 Å². The highest BCUT2D eigenvalue weighted by molar-refractivity contribution is 7.03. The Labute approximate surface area is 66.4 Å². The first-order chi connectivity index (χ1) is 4.83. The number of rotatable bonds is 2. The molecule has 0 aromatic carbocycles. The van der Waals surface area contributed by atoms with E-state index in [0.29, 0.717) is 5.82 Å². The molecular formula is C4H4ClN3OS. The van der Waals surface area contributed by atoms with Crippen molar-refractivity contribution in [2.75, 3.05) is 11.2 Å². The third kappa shape index (κ3) is 1.93. The normalized spacial score (nSPS) is 9.30. The molecule has 0 saturated heterocycles. The molecule has 1 aromatic rings. The number of hydrogen-bond acceptors (Lipinski definition) is 4. The summed E-state index contributed by atoms with van der Waals surface area (Å²) in [6.07, 6.45) is 0. The molecule has 0 radical (unpaired) electrons. The Kier molecular flexibility index (Phi) is 2.58. The zero-order chi connectivity index (χ0) is 7.40. The van der Waals surface area contributed by atoms with Gasteiger partial charge in [-0.1, -0.05) is 4.49 Å². The number of carbonyl (C=O) groups excluding carboxylic acids is 1. The van der Waals surface area contributed by atoms with E-state index < -0.39 is 0 Å². The smallest absolute Gasteiger partial charge is 0.240 e. The van der Waals surface area contributed by atoms with Crippen LogP contribution in [0.1, 0.15) is 0 Å². The molecule has 0 aliphatic rings. The number of nitrogens with zero attached hydrogens (tertiary/aromatic N) is 2. The van der Waals surface area contributed by atoms with Crippen LogP contribution < -0.4 is 5.32 Å². The zero-order valence-corrected chi connectivity index (χ0v) is 6.45. The maximum absolute atomic E-state index is 10.6. The molecule has 0 atom stereocenters. The van der Waals surface area contributed by atoms with Crippen LogP contribution in [0.2, 0.25) is 0 Å².